The van der Waals surface area contributed by atoms with E-state index in [1.165, 1.54) is 9.78 Å². The second-order valence-electron chi connectivity index (χ2n) is 5.44. The van der Waals surface area contributed by atoms with Crippen molar-refractivity contribution in [1.29, 1.82) is 0 Å². The highest BCUT2D eigenvalue weighted by atomic mass is 32.1. The molecule has 0 radical (unpaired) electrons. The van der Waals surface area contributed by atoms with Crippen molar-refractivity contribution in [3.8, 4) is 0 Å². The predicted molar refractivity (Wildman–Crippen MR) is 79.5 cm³/mol. The largest absolute Gasteiger partial charge is 0.480 e. The number of nitrogens with zero attached hydrogens (tertiary/aromatic N) is 1. The molecule has 3 N–H and O–H groups in total. The fraction of sp³-hybridized carbons (Fsp3) is 0.571. The van der Waals surface area contributed by atoms with E-state index in [0.717, 1.165) is 10.4 Å². The fourth-order valence-electron chi connectivity index (χ4n) is 2.70. The molecule has 6 nitrogen and oxygen atoms in total. The molecule has 7 heteroatoms. The zero-order valence-electron chi connectivity index (χ0n) is 12.3. The second kappa shape index (κ2) is 6.03. The molecule has 1 unspecified atom stereocenters. The Morgan fingerprint density at radius 2 is 2.14 bits per heavy atom. The van der Waals surface area contributed by atoms with Crippen LogP contribution in [0.15, 0.2) is 6.07 Å². The summed E-state index contributed by atoms with van der Waals surface area (Å²) in [7, 11) is 0. The topological polar surface area (TPSA) is 89.9 Å². The Hall–Kier alpha value is -1.60. The van der Waals surface area contributed by atoms with E-state index in [9.17, 15) is 14.7 Å². The molecule has 1 aromatic rings. The number of aliphatic carboxylic acids is 1. The van der Waals surface area contributed by atoms with Crippen LogP contribution in [-0.4, -0.2) is 45.8 Å². The van der Waals surface area contributed by atoms with Crippen molar-refractivity contribution in [2.24, 2.45) is 0 Å². The lowest BCUT2D eigenvalue weighted by Gasteiger charge is -2.24. The summed E-state index contributed by atoms with van der Waals surface area (Å²) in [5, 5.41) is 21.5. The normalized spacial score (nSPS) is 23.1. The Balaban J connectivity index is 2.07. The van der Waals surface area contributed by atoms with Gasteiger partial charge in [-0.3, -0.25) is 0 Å². The van der Waals surface area contributed by atoms with Gasteiger partial charge in [0.05, 0.1) is 12.1 Å². The first-order valence-corrected chi connectivity index (χ1v) is 7.66. The fourth-order valence-corrected chi connectivity index (χ4v) is 3.72. The summed E-state index contributed by atoms with van der Waals surface area (Å²) in [4.78, 5) is 26.9. The van der Waals surface area contributed by atoms with Crippen LogP contribution in [0, 0.1) is 13.8 Å². The van der Waals surface area contributed by atoms with Gasteiger partial charge in [-0.1, -0.05) is 0 Å². The van der Waals surface area contributed by atoms with Crippen molar-refractivity contribution in [2.45, 2.75) is 45.4 Å². The van der Waals surface area contributed by atoms with Crippen molar-refractivity contribution >= 4 is 23.3 Å². The van der Waals surface area contributed by atoms with Crippen LogP contribution in [0.25, 0.3) is 0 Å². The van der Waals surface area contributed by atoms with E-state index in [2.05, 4.69) is 5.32 Å². The summed E-state index contributed by atoms with van der Waals surface area (Å²) in [6, 6.07) is 0.417. The van der Waals surface area contributed by atoms with Gasteiger partial charge in [-0.15, -0.1) is 11.3 Å². The molecule has 1 saturated heterocycles. The maximum absolute atomic E-state index is 12.3. The zero-order chi connectivity index (χ0) is 15.7. The van der Waals surface area contributed by atoms with E-state index in [1.54, 1.807) is 11.3 Å². The summed E-state index contributed by atoms with van der Waals surface area (Å²) < 4.78 is 0. The standard InChI is InChI=1S/C14H20N2O4S/c1-7-4-11(9(3)21-7)8(2)15-14(20)16-6-10(17)5-12(16)13(18)19/h4,8,10,12,17H,5-6H2,1-3H3,(H,15,20)(H,18,19)/t8?,10-,12-/m1/s1. The van der Waals surface area contributed by atoms with Gasteiger partial charge in [-0.2, -0.15) is 0 Å². The van der Waals surface area contributed by atoms with Gasteiger partial charge >= 0.3 is 12.0 Å². The summed E-state index contributed by atoms with van der Waals surface area (Å²) in [6.45, 7) is 5.92. The number of rotatable bonds is 3. The van der Waals surface area contributed by atoms with E-state index in [0.29, 0.717) is 0 Å². The molecule has 1 aromatic heterocycles. The molecule has 0 aromatic carbocycles. The number of likely N-dealkylation sites (tertiary alicyclic amines) is 1. The Kier molecular flexibility index (Phi) is 4.53. The highest BCUT2D eigenvalue weighted by Gasteiger charge is 2.39. The smallest absolute Gasteiger partial charge is 0.326 e. The molecule has 21 heavy (non-hydrogen) atoms. The maximum Gasteiger partial charge on any atom is 0.326 e. The Labute approximate surface area is 127 Å². The van der Waals surface area contributed by atoms with Gasteiger partial charge in [0.15, 0.2) is 0 Å². The van der Waals surface area contributed by atoms with Crippen molar-refractivity contribution < 1.29 is 19.8 Å². The van der Waals surface area contributed by atoms with E-state index < -0.39 is 24.1 Å². The van der Waals surface area contributed by atoms with Gasteiger partial charge in [-0.25, -0.2) is 9.59 Å². The SMILES string of the molecule is Cc1cc(C(C)NC(=O)N2C[C@H](O)C[C@@H]2C(=O)O)c(C)s1. The van der Waals surface area contributed by atoms with Crippen LogP contribution in [0.1, 0.15) is 34.7 Å². The first-order chi connectivity index (χ1) is 9.79. The molecule has 0 bridgehead atoms. The molecule has 1 fully saturated rings. The molecule has 0 aliphatic carbocycles. The quantitative estimate of drug-likeness (QED) is 0.792. The lowest BCUT2D eigenvalue weighted by Crippen LogP contribution is -2.46. The van der Waals surface area contributed by atoms with Gasteiger partial charge in [0.25, 0.3) is 0 Å². The first kappa shape index (κ1) is 15.8. The number of aryl methyl sites for hydroxylation is 2. The third kappa shape index (κ3) is 3.36. The number of β-amino-alcohol motifs (C(OH)–C–C–N with tert-alkyl or cyclic N) is 1. The molecule has 2 rings (SSSR count). The van der Waals surface area contributed by atoms with Crippen LogP contribution < -0.4 is 5.32 Å². The van der Waals surface area contributed by atoms with Crippen molar-refractivity contribution in [1.82, 2.24) is 10.2 Å². The number of aliphatic hydroxyl groups is 1. The number of aliphatic hydroxyl groups excluding tert-OH is 1. The number of urea groups is 1. The predicted octanol–water partition coefficient (Wildman–Crippen LogP) is 1.66. The highest BCUT2D eigenvalue weighted by molar-refractivity contribution is 7.12. The van der Waals surface area contributed by atoms with Crippen molar-refractivity contribution in [3.63, 3.8) is 0 Å². The molecule has 3 atom stereocenters. The molecule has 2 amide bonds. The summed E-state index contributed by atoms with van der Waals surface area (Å²) in [5.74, 6) is -1.09. The van der Waals surface area contributed by atoms with Gasteiger partial charge in [-0.05, 0) is 32.4 Å². The Bertz CT molecular complexity index is 557. The Morgan fingerprint density at radius 1 is 1.48 bits per heavy atom. The van der Waals surface area contributed by atoms with E-state index in [1.807, 2.05) is 26.8 Å². The van der Waals surface area contributed by atoms with Crippen LogP contribution in [0.5, 0.6) is 0 Å². The van der Waals surface area contributed by atoms with Gasteiger partial charge in [0, 0.05) is 22.7 Å². The minimum Gasteiger partial charge on any atom is -0.480 e. The molecule has 116 valence electrons. The number of nitrogens with one attached hydrogen (secondary N) is 1. The third-order valence-electron chi connectivity index (χ3n) is 3.71. The number of carbonyl (C=O) groups is 2. The van der Waals surface area contributed by atoms with E-state index in [-0.39, 0.29) is 19.0 Å². The minimum atomic E-state index is -1.09. The third-order valence-corrected chi connectivity index (χ3v) is 4.69. The molecule has 1 aliphatic heterocycles. The number of amides is 2. The van der Waals surface area contributed by atoms with E-state index >= 15 is 0 Å². The molecular formula is C14H20N2O4S. The van der Waals surface area contributed by atoms with Crippen LogP contribution in [0.4, 0.5) is 4.79 Å². The van der Waals surface area contributed by atoms with Gasteiger partial charge < -0.3 is 20.4 Å². The summed E-state index contributed by atoms with van der Waals surface area (Å²) in [5.41, 5.74) is 1.04. The van der Waals surface area contributed by atoms with Crippen LogP contribution in [-0.2, 0) is 4.79 Å². The molecule has 1 aliphatic rings. The number of carboxylic acids is 1. The average Bonchev–Trinajstić information content (AvgIpc) is 2.92. The second-order valence-corrected chi connectivity index (χ2v) is 6.90. The minimum absolute atomic E-state index is 0.0527. The number of carboxylic acid groups (broad SMARTS) is 1. The zero-order valence-corrected chi connectivity index (χ0v) is 13.1. The van der Waals surface area contributed by atoms with Crippen LogP contribution >= 0.6 is 11.3 Å². The lowest BCUT2D eigenvalue weighted by atomic mass is 10.1. The average molecular weight is 312 g/mol. The van der Waals surface area contributed by atoms with Crippen LogP contribution in [0.3, 0.4) is 0 Å². The molecule has 0 spiro atoms. The molecular weight excluding hydrogens is 292 g/mol. The van der Waals surface area contributed by atoms with E-state index in [4.69, 9.17) is 5.11 Å². The lowest BCUT2D eigenvalue weighted by molar-refractivity contribution is -0.141. The molecule has 0 saturated carbocycles. The van der Waals surface area contributed by atoms with Crippen LogP contribution in [0.2, 0.25) is 0 Å². The number of carbonyl (C=O) groups excluding carboxylic acids is 1. The highest BCUT2D eigenvalue weighted by Crippen LogP contribution is 2.27. The maximum atomic E-state index is 12.3. The number of hydrogen-bond acceptors (Lipinski definition) is 4. The first-order valence-electron chi connectivity index (χ1n) is 6.84. The number of thiophene rings is 1. The molecule has 2 heterocycles. The van der Waals surface area contributed by atoms with Gasteiger partial charge in [0.1, 0.15) is 6.04 Å². The summed E-state index contributed by atoms with van der Waals surface area (Å²) >= 11 is 1.66. The number of hydrogen-bond donors (Lipinski definition) is 3. The van der Waals surface area contributed by atoms with Gasteiger partial charge in [0.2, 0.25) is 0 Å². The monoisotopic (exact) mass is 312 g/mol. The van der Waals surface area contributed by atoms with Crippen molar-refractivity contribution in [2.75, 3.05) is 6.54 Å². The van der Waals surface area contributed by atoms with Crippen molar-refractivity contribution in [3.05, 3.63) is 21.4 Å². The summed E-state index contributed by atoms with van der Waals surface area (Å²) in [6.07, 6.45) is -0.703. The Morgan fingerprint density at radius 3 is 2.67 bits per heavy atom.